The minimum atomic E-state index is -0.104. The van der Waals surface area contributed by atoms with Gasteiger partial charge in [0.2, 0.25) is 0 Å². The molecule has 1 aromatic heterocycles. The number of hydrogen-bond acceptors (Lipinski definition) is 4. The van der Waals surface area contributed by atoms with Gasteiger partial charge in [-0.1, -0.05) is 18.2 Å². The van der Waals surface area contributed by atoms with Crippen molar-refractivity contribution in [3.05, 3.63) is 36.1 Å². The van der Waals surface area contributed by atoms with Gasteiger partial charge in [-0.05, 0) is 31.5 Å². The Labute approximate surface area is 147 Å². The van der Waals surface area contributed by atoms with E-state index in [1.807, 2.05) is 30.3 Å². The summed E-state index contributed by atoms with van der Waals surface area (Å²) in [6.07, 6.45) is 2.57. The van der Waals surface area contributed by atoms with E-state index in [1.165, 1.54) is 12.8 Å². The van der Waals surface area contributed by atoms with Gasteiger partial charge in [-0.3, -0.25) is 4.90 Å². The van der Waals surface area contributed by atoms with Crippen LogP contribution >= 0.6 is 0 Å². The molecule has 0 saturated carbocycles. The molecule has 134 valence electrons. The number of benzene rings is 1. The second-order valence-electron chi connectivity index (χ2n) is 7.04. The zero-order chi connectivity index (χ0) is 17.2. The van der Waals surface area contributed by atoms with E-state index >= 15 is 0 Å². The number of nitrogens with zero attached hydrogens (tertiary/aromatic N) is 2. The first kappa shape index (κ1) is 16.4. The normalized spacial score (nSPS) is 23.6. The van der Waals surface area contributed by atoms with Crippen molar-refractivity contribution >= 4 is 17.0 Å². The highest BCUT2D eigenvalue weighted by Gasteiger charge is 2.32. The number of urea groups is 1. The fourth-order valence-corrected chi connectivity index (χ4v) is 3.77. The van der Waals surface area contributed by atoms with Gasteiger partial charge in [-0.2, -0.15) is 0 Å². The number of amides is 2. The third-order valence-corrected chi connectivity index (χ3v) is 5.16. The quantitative estimate of drug-likeness (QED) is 0.926. The number of fused-ring (bicyclic) bond motifs is 2. The summed E-state index contributed by atoms with van der Waals surface area (Å²) in [5, 5.41) is 4.04. The third-order valence-electron chi connectivity index (χ3n) is 5.16. The lowest BCUT2D eigenvalue weighted by Gasteiger charge is -2.35. The highest BCUT2D eigenvalue weighted by atomic mass is 16.5. The minimum Gasteiger partial charge on any atom is -0.459 e. The Morgan fingerprint density at radius 3 is 3.16 bits per heavy atom. The standard InChI is InChI=1S/C19H25N3O3/c1-21(11-16-9-14-5-2-3-7-18(14)25-16)19(23)20-10-17-12-22-8-4-6-15(22)13-24-17/h2-3,5,7,9,15,17H,4,6,8,10-13H2,1H3,(H,20,23)/t15-,17+/m1/s1. The number of carbonyl (C=O) groups excluding carboxylic acids is 1. The fourth-order valence-electron chi connectivity index (χ4n) is 3.77. The van der Waals surface area contributed by atoms with E-state index in [1.54, 1.807) is 11.9 Å². The Morgan fingerprint density at radius 1 is 1.40 bits per heavy atom. The number of carbonyl (C=O) groups is 1. The third kappa shape index (κ3) is 3.65. The number of hydrogen-bond donors (Lipinski definition) is 1. The van der Waals surface area contributed by atoms with Crippen molar-refractivity contribution in [2.24, 2.45) is 0 Å². The predicted octanol–water partition coefficient (Wildman–Crippen LogP) is 2.44. The van der Waals surface area contributed by atoms with Gasteiger partial charge in [0.1, 0.15) is 11.3 Å². The van der Waals surface area contributed by atoms with Crippen LogP contribution in [0.5, 0.6) is 0 Å². The van der Waals surface area contributed by atoms with Crippen LogP contribution in [0.15, 0.2) is 34.7 Å². The van der Waals surface area contributed by atoms with Crippen LogP contribution in [-0.4, -0.2) is 61.3 Å². The molecular formula is C19H25N3O3. The van der Waals surface area contributed by atoms with Gasteiger partial charge in [0, 0.05) is 31.6 Å². The molecule has 1 N–H and O–H groups in total. The van der Waals surface area contributed by atoms with Gasteiger partial charge >= 0.3 is 6.03 Å². The van der Waals surface area contributed by atoms with Gasteiger partial charge in [-0.25, -0.2) is 4.79 Å². The van der Waals surface area contributed by atoms with Crippen LogP contribution in [0.2, 0.25) is 0 Å². The molecule has 2 aromatic rings. The number of furan rings is 1. The van der Waals surface area contributed by atoms with Crippen LogP contribution in [0.1, 0.15) is 18.6 Å². The Kier molecular flexibility index (Phi) is 4.63. The minimum absolute atomic E-state index is 0.0814. The molecule has 6 nitrogen and oxygen atoms in total. The maximum atomic E-state index is 12.3. The van der Waals surface area contributed by atoms with Crippen molar-refractivity contribution in [3.63, 3.8) is 0 Å². The number of para-hydroxylation sites is 1. The molecule has 2 saturated heterocycles. The first-order chi connectivity index (χ1) is 12.2. The van der Waals surface area contributed by atoms with E-state index < -0.39 is 0 Å². The van der Waals surface area contributed by atoms with Gasteiger partial charge in [0.05, 0.1) is 19.3 Å². The van der Waals surface area contributed by atoms with Crippen molar-refractivity contribution in [1.82, 2.24) is 15.1 Å². The molecule has 0 unspecified atom stereocenters. The predicted molar refractivity (Wildman–Crippen MR) is 95.4 cm³/mol. The Bertz CT molecular complexity index is 711. The molecular weight excluding hydrogens is 318 g/mol. The average Bonchev–Trinajstić information content (AvgIpc) is 3.24. The topological polar surface area (TPSA) is 58.0 Å². The highest BCUT2D eigenvalue weighted by Crippen LogP contribution is 2.22. The summed E-state index contributed by atoms with van der Waals surface area (Å²) >= 11 is 0. The Balaban J connectivity index is 1.27. The lowest BCUT2D eigenvalue weighted by Crippen LogP contribution is -2.51. The summed E-state index contributed by atoms with van der Waals surface area (Å²) in [6.45, 7) is 3.85. The molecule has 1 aromatic carbocycles. The van der Waals surface area contributed by atoms with Crippen LogP contribution in [-0.2, 0) is 11.3 Å². The van der Waals surface area contributed by atoms with Crippen molar-refractivity contribution in [1.29, 1.82) is 0 Å². The Morgan fingerprint density at radius 2 is 2.28 bits per heavy atom. The maximum Gasteiger partial charge on any atom is 0.317 e. The monoisotopic (exact) mass is 343 g/mol. The van der Waals surface area contributed by atoms with Gasteiger partial charge in [0.15, 0.2) is 0 Å². The fraction of sp³-hybridized carbons (Fsp3) is 0.526. The number of rotatable bonds is 4. The van der Waals surface area contributed by atoms with Crippen molar-refractivity contribution < 1.29 is 13.9 Å². The summed E-state index contributed by atoms with van der Waals surface area (Å²) < 4.78 is 11.7. The second kappa shape index (κ2) is 7.06. The van der Waals surface area contributed by atoms with Crippen LogP contribution in [0.4, 0.5) is 4.79 Å². The molecule has 2 atom stereocenters. The molecule has 0 bridgehead atoms. The summed E-state index contributed by atoms with van der Waals surface area (Å²) in [6, 6.07) is 10.3. The zero-order valence-electron chi connectivity index (χ0n) is 14.6. The summed E-state index contributed by atoms with van der Waals surface area (Å²) in [5.74, 6) is 0.785. The van der Waals surface area contributed by atoms with Gasteiger partial charge < -0.3 is 19.4 Å². The largest absolute Gasteiger partial charge is 0.459 e. The molecule has 2 aliphatic heterocycles. The Hall–Kier alpha value is -2.05. The molecule has 0 aliphatic carbocycles. The first-order valence-corrected chi connectivity index (χ1v) is 9.01. The van der Waals surface area contributed by atoms with E-state index in [0.717, 1.165) is 36.4 Å². The molecule has 0 spiro atoms. The van der Waals surface area contributed by atoms with E-state index in [4.69, 9.17) is 9.15 Å². The molecule has 2 fully saturated rings. The smallest absolute Gasteiger partial charge is 0.317 e. The first-order valence-electron chi connectivity index (χ1n) is 9.01. The van der Waals surface area contributed by atoms with E-state index in [2.05, 4.69) is 10.2 Å². The molecule has 6 heteroatoms. The van der Waals surface area contributed by atoms with E-state index in [9.17, 15) is 4.79 Å². The average molecular weight is 343 g/mol. The molecule has 3 heterocycles. The number of morpholine rings is 1. The van der Waals surface area contributed by atoms with Crippen LogP contribution in [0, 0.1) is 0 Å². The molecule has 4 rings (SSSR count). The summed E-state index contributed by atoms with van der Waals surface area (Å²) in [5.41, 5.74) is 0.849. The van der Waals surface area contributed by atoms with Crippen LogP contribution in [0.3, 0.4) is 0 Å². The summed E-state index contributed by atoms with van der Waals surface area (Å²) in [4.78, 5) is 16.5. The highest BCUT2D eigenvalue weighted by molar-refractivity contribution is 5.78. The van der Waals surface area contributed by atoms with E-state index in [-0.39, 0.29) is 12.1 Å². The number of nitrogens with one attached hydrogen (secondary N) is 1. The van der Waals surface area contributed by atoms with Gasteiger partial charge in [-0.15, -0.1) is 0 Å². The van der Waals surface area contributed by atoms with Crippen molar-refractivity contribution in [2.45, 2.75) is 31.5 Å². The molecule has 0 radical (unpaired) electrons. The second-order valence-corrected chi connectivity index (χ2v) is 7.04. The molecule has 2 amide bonds. The lowest BCUT2D eigenvalue weighted by atomic mass is 10.2. The number of ether oxygens (including phenoxy) is 1. The molecule has 25 heavy (non-hydrogen) atoms. The van der Waals surface area contributed by atoms with Crippen molar-refractivity contribution in [2.75, 3.05) is 33.3 Å². The molecule has 2 aliphatic rings. The van der Waals surface area contributed by atoms with Crippen molar-refractivity contribution in [3.8, 4) is 0 Å². The van der Waals surface area contributed by atoms with E-state index in [0.29, 0.717) is 19.1 Å². The van der Waals surface area contributed by atoms with Crippen LogP contribution < -0.4 is 5.32 Å². The van der Waals surface area contributed by atoms with Gasteiger partial charge in [0.25, 0.3) is 0 Å². The zero-order valence-corrected chi connectivity index (χ0v) is 14.6. The maximum absolute atomic E-state index is 12.3. The SMILES string of the molecule is CN(Cc1cc2ccccc2o1)C(=O)NC[C@H]1CN2CCC[C@@H]2CO1. The van der Waals surface area contributed by atoms with Crippen LogP contribution in [0.25, 0.3) is 11.0 Å². The lowest BCUT2D eigenvalue weighted by molar-refractivity contribution is -0.0460. The summed E-state index contributed by atoms with van der Waals surface area (Å²) in [7, 11) is 1.78.